The quantitative estimate of drug-likeness (QED) is 0.459. The molecule has 178 valence electrons. The molecular formula is C25H23F3N2O4. The van der Waals surface area contributed by atoms with E-state index >= 15 is 0 Å². The number of furan rings is 1. The zero-order valence-electron chi connectivity index (χ0n) is 18.7. The fourth-order valence-corrected chi connectivity index (χ4v) is 3.01. The monoisotopic (exact) mass is 472 g/mol. The van der Waals surface area contributed by atoms with Gasteiger partial charge in [0.1, 0.15) is 23.0 Å². The summed E-state index contributed by atoms with van der Waals surface area (Å²) in [7, 11) is 1.50. The number of halogens is 3. The first-order valence-electron chi connectivity index (χ1n) is 10.3. The van der Waals surface area contributed by atoms with Crippen LogP contribution in [0, 0.1) is 0 Å². The number of ether oxygens (including phenoxy) is 1. The normalized spacial score (nSPS) is 11.9. The van der Waals surface area contributed by atoms with Gasteiger partial charge in [-0.25, -0.2) is 0 Å². The fourth-order valence-electron chi connectivity index (χ4n) is 3.01. The zero-order valence-corrected chi connectivity index (χ0v) is 18.7. The maximum absolute atomic E-state index is 13.0. The van der Waals surface area contributed by atoms with Gasteiger partial charge in [-0.15, -0.1) is 0 Å². The highest BCUT2D eigenvalue weighted by atomic mass is 19.4. The van der Waals surface area contributed by atoms with Gasteiger partial charge in [0.2, 0.25) is 0 Å². The summed E-state index contributed by atoms with van der Waals surface area (Å²) in [5, 5.41) is 5.26. The van der Waals surface area contributed by atoms with Gasteiger partial charge >= 0.3 is 6.18 Å². The van der Waals surface area contributed by atoms with Crippen LogP contribution in [-0.4, -0.2) is 25.0 Å². The molecule has 0 atom stereocenters. The zero-order chi connectivity index (χ0) is 24.9. The molecule has 1 aromatic heterocycles. The largest absolute Gasteiger partial charge is 0.497 e. The predicted octanol–water partition coefficient (Wildman–Crippen LogP) is 5.27. The number of carbonyl (C=O) groups is 2. The molecule has 9 heteroatoms. The molecule has 0 bridgehead atoms. The van der Waals surface area contributed by atoms with Crippen molar-refractivity contribution in [2.24, 2.45) is 0 Å². The number of rotatable bonds is 7. The summed E-state index contributed by atoms with van der Waals surface area (Å²) >= 11 is 0. The minimum absolute atomic E-state index is 0.0838. The third-order valence-electron chi connectivity index (χ3n) is 4.65. The lowest BCUT2D eigenvalue weighted by Gasteiger charge is -2.13. The minimum atomic E-state index is -4.49. The van der Waals surface area contributed by atoms with Crippen molar-refractivity contribution in [3.63, 3.8) is 0 Å². The van der Waals surface area contributed by atoms with E-state index in [4.69, 9.17) is 9.15 Å². The van der Waals surface area contributed by atoms with Crippen LogP contribution in [-0.2, 0) is 11.0 Å². The smallest absolute Gasteiger partial charge is 0.416 e. The van der Waals surface area contributed by atoms with Crippen LogP contribution in [0.5, 0.6) is 5.75 Å². The number of amides is 2. The van der Waals surface area contributed by atoms with Crippen molar-refractivity contribution in [3.05, 3.63) is 83.2 Å². The molecule has 0 radical (unpaired) electrons. The minimum Gasteiger partial charge on any atom is -0.497 e. The third kappa shape index (κ3) is 6.28. The van der Waals surface area contributed by atoms with Crippen LogP contribution >= 0.6 is 0 Å². The van der Waals surface area contributed by atoms with E-state index in [9.17, 15) is 22.8 Å². The lowest BCUT2D eigenvalue weighted by Crippen LogP contribution is -2.38. The Labute approximate surface area is 194 Å². The van der Waals surface area contributed by atoms with Crippen LogP contribution in [0.15, 0.2) is 70.8 Å². The van der Waals surface area contributed by atoms with E-state index in [1.54, 1.807) is 38.1 Å². The van der Waals surface area contributed by atoms with Gasteiger partial charge in [0.05, 0.1) is 12.7 Å². The predicted molar refractivity (Wildman–Crippen MR) is 121 cm³/mol. The number of hydrogen-bond acceptors (Lipinski definition) is 4. The SMILES string of the molecule is COc1ccc(C(=O)N/C(=C\c2ccc(-c3cccc(C(F)(F)F)c3)o2)C(=O)NC(C)C)cc1. The summed E-state index contributed by atoms with van der Waals surface area (Å²) in [6.45, 7) is 3.53. The van der Waals surface area contributed by atoms with Crippen LogP contribution < -0.4 is 15.4 Å². The lowest BCUT2D eigenvalue weighted by molar-refractivity contribution is -0.137. The Kier molecular flexibility index (Phi) is 7.45. The van der Waals surface area contributed by atoms with Gasteiger partial charge < -0.3 is 19.8 Å². The van der Waals surface area contributed by atoms with Crippen LogP contribution in [0.1, 0.15) is 35.5 Å². The number of alkyl halides is 3. The Morgan fingerprint density at radius 3 is 2.35 bits per heavy atom. The van der Waals surface area contributed by atoms with Gasteiger partial charge in [-0.2, -0.15) is 13.2 Å². The second-order valence-corrected chi connectivity index (χ2v) is 7.65. The number of carbonyl (C=O) groups excluding carboxylic acids is 2. The van der Waals surface area contributed by atoms with Crippen molar-refractivity contribution in [2.45, 2.75) is 26.1 Å². The molecule has 0 aliphatic heterocycles. The molecular weight excluding hydrogens is 449 g/mol. The molecule has 0 unspecified atom stereocenters. The topological polar surface area (TPSA) is 80.6 Å². The maximum Gasteiger partial charge on any atom is 0.416 e. The molecule has 2 aromatic carbocycles. The summed E-state index contributed by atoms with van der Waals surface area (Å²) in [6.07, 6.45) is -3.17. The van der Waals surface area contributed by atoms with E-state index in [0.29, 0.717) is 11.3 Å². The van der Waals surface area contributed by atoms with Crippen molar-refractivity contribution in [3.8, 4) is 17.1 Å². The second kappa shape index (κ2) is 10.3. The Bertz CT molecular complexity index is 1200. The van der Waals surface area contributed by atoms with E-state index in [-0.39, 0.29) is 28.8 Å². The number of methoxy groups -OCH3 is 1. The first-order valence-corrected chi connectivity index (χ1v) is 10.3. The molecule has 1 heterocycles. The Morgan fingerprint density at radius 2 is 1.74 bits per heavy atom. The third-order valence-corrected chi connectivity index (χ3v) is 4.65. The maximum atomic E-state index is 13.0. The number of hydrogen-bond donors (Lipinski definition) is 2. The molecule has 2 N–H and O–H groups in total. The summed E-state index contributed by atoms with van der Waals surface area (Å²) in [5.41, 5.74) is -0.361. The Hall–Kier alpha value is -4.01. The van der Waals surface area contributed by atoms with E-state index in [2.05, 4.69) is 10.6 Å². The highest BCUT2D eigenvalue weighted by Crippen LogP contribution is 2.32. The van der Waals surface area contributed by atoms with Crippen molar-refractivity contribution in [2.75, 3.05) is 7.11 Å². The summed E-state index contributed by atoms with van der Waals surface area (Å²) < 4.78 is 49.8. The van der Waals surface area contributed by atoms with Crippen molar-refractivity contribution in [1.82, 2.24) is 10.6 Å². The van der Waals surface area contributed by atoms with Gasteiger partial charge in [0, 0.05) is 23.2 Å². The molecule has 2 amide bonds. The van der Waals surface area contributed by atoms with E-state index in [1.807, 2.05) is 0 Å². The average Bonchev–Trinajstić information content (AvgIpc) is 3.26. The molecule has 0 aliphatic rings. The molecule has 0 spiro atoms. The van der Waals surface area contributed by atoms with Gasteiger partial charge in [0.25, 0.3) is 11.8 Å². The first-order chi connectivity index (χ1) is 16.1. The highest BCUT2D eigenvalue weighted by Gasteiger charge is 2.30. The van der Waals surface area contributed by atoms with Crippen molar-refractivity contribution in [1.29, 1.82) is 0 Å². The Morgan fingerprint density at radius 1 is 1.03 bits per heavy atom. The van der Waals surface area contributed by atoms with Gasteiger partial charge in [-0.3, -0.25) is 9.59 Å². The molecule has 0 aliphatic carbocycles. The van der Waals surface area contributed by atoms with Crippen LogP contribution in [0.25, 0.3) is 17.4 Å². The average molecular weight is 472 g/mol. The molecule has 34 heavy (non-hydrogen) atoms. The fraction of sp³-hybridized carbons (Fsp3) is 0.200. The number of benzene rings is 2. The van der Waals surface area contributed by atoms with Gasteiger partial charge in [-0.1, -0.05) is 12.1 Å². The summed E-state index contributed by atoms with van der Waals surface area (Å²) in [6, 6.07) is 13.8. The number of nitrogens with one attached hydrogen (secondary N) is 2. The van der Waals surface area contributed by atoms with E-state index in [1.165, 1.54) is 37.5 Å². The molecule has 0 fully saturated rings. The molecule has 6 nitrogen and oxygen atoms in total. The summed E-state index contributed by atoms with van der Waals surface area (Å²) in [4.78, 5) is 25.4. The van der Waals surface area contributed by atoms with Crippen molar-refractivity contribution < 1.29 is 31.9 Å². The second-order valence-electron chi connectivity index (χ2n) is 7.65. The standard InChI is InChI=1S/C25H23F3N2O4/c1-15(2)29-24(32)21(30-23(31)16-7-9-19(33-3)10-8-16)14-20-11-12-22(34-20)17-5-4-6-18(13-17)25(26,27)28/h4-15H,1-3H3,(H,29,32)(H,30,31)/b21-14-. The van der Waals surface area contributed by atoms with Crippen LogP contribution in [0.4, 0.5) is 13.2 Å². The van der Waals surface area contributed by atoms with Crippen molar-refractivity contribution >= 4 is 17.9 Å². The molecule has 3 rings (SSSR count). The molecule has 0 saturated heterocycles. The van der Waals surface area contributed by atoms with E-state index < -0.39 is 23.6 Å². The van der Waals surface area contributed by atoms with Gasteiger partial charge in [-0.05, 0) is 62.4 Å². The van der Waals surface area contributed by atoms with Gasteiger partial charge in [0.15, 0.2) is 0 Å². The lowest BCUT2D eigenvalue weighted by atomic mass is 10.1. The molecule has 3 aromatic rings. The van der Waals surface area contributed by atoms with Crippen LogP contribution in [0.2, 0.25) is 0 Å². The van der Waals surface area contributed by atoms with Crippen LogP contribution in [0.3, 0.4) is 0 Å². The van der Waals surface area contributed by atoms with E-state index in [0.717, 1.165) is 12.1 Å². The molecule has 0 saturated carbocycles. The summed E-state index contributed by atoms with van der Waals surface area (Å²) in [5.74, 6) is -0.146. The highest BCUT2D eigenvalue weighted by molar-refractivity contribution is 6.05. The Balaban J connectivity index is 1.89. The first kappa shape index (κ1) is 24.6.